The molecule has 17 heavy (non-hydrogen) atoms. The highest BCUT2D eigenvalue weighted by Crippen LogP contribution is 2.22. The molecule has 0 saturated heterocycles. The monoisotopic (exact) mass is 225 g/mol. The van der Waals surface area contributed by atoms with Crippen LogP contribution in [-0.4, -0.2) is 19.7 Å². The molecular formula is C12H11N5. The van der Waals surface area contributed by atoms with E-state index in [1.807, 2.05) is 31.3 Å². The number of aromatic nitrogens is 4. The van der Waals surface area contributed by atoms with Gasteiger partial charge in [0, 0.05) is 31.1 Å². The molecule has 5 nitrogen and oxygen atoms in total. The number of nitrogens with two attached hydrogens (primary N) is 1. The highest BCUT2D eigenvalue weighted by molar-refractivity contribution is 5.80. The number of fused-ring (bicyclic) bond motifs is 1. The number of nitrogen functional groups attached to an aromatic ring is 1. The third-order valence-electron chi connectivity index (χ3n) is 2.68. The fourth-order valence-corrected chi connectivity index (χ4v) is 1.75. The van der Waals surface area contributed by atoms with Crippen molar-refractivity contribution in [2.45, 2.75) is 0 Å². The molecule has 0 aliphatic carbocycles. The van der Waals surface area contributed by atoms with Gasteiger partial charge in [-0.3, -0.25) is 14.6 Å². The molecule has 0 aliphatic rings. The number of hydrogen-bond donors (Lipinski definition) is 1. The highest BCUT2D eigenvalue weighted by Gasteiger charge is 2.06. The molecule has 0 radical (unpaired) electrons. The topological polar surface area (TPSA) is 69.6 Å². The summed E-state index contributed by atoms with van der Waals surface area (Å²) in [5, 5.41) is 4.33. The molecule has 0 aliphatic heterocycles. The molecule has 0 unspecified atom stereocenters. The summed E-state index contributed by atoms with van der Waals surface area (Å²) in [6, 6.07) is 7.71. The summed E-state index contributed by atoms with van der Waals surface area (Å²) < 4.78 is 1.65. The Labute approximate surface area is 97.9 Å². The van der Waals surface area contributed by atoms with E-state index in [9.17, 15) is 0 Å². The van der Waals surface area contributed by atoms with Gasteiger partial charge in [-0.1, -0.05) is 6.07 Å². The van der Waals surface area contributed by atoms with Crippen molar-refractivity contribution >= 4 is 16.9 Å². The van der Waals surface area contributed by atoms with E-state index in [-0.39, 0.29) is 0 Å². The van der Waals surface area contributed by atoms with Gasteiger partial charge >= 0.3 is 0 Å². The van der Waals surface area contributed by atoms with Gasteiger partial charge in [0.15, 0.2) is 0 Å². The van der Waals surface area contributed by atoms with Gasteiger partial charge in [-0.2, -0.15) is 5.10 Å². The minimum atomic E-state index is 0.638. The van der Waals surface area contributed by atoms with Crippen LogP contribution in [0.1, 0.15) is 0 Å². The first kappa shape index (κ1) is 9.77. The molecule has 2 heterocycles. The molecule has 3 rings (SSSR count). The molecule has 2 aromatic heterocycles. The zero-order chi connectivity index (χ0) is 11.8. The summed E-state index contributed by atoms with van der Waals surface area (Å²) in [5.41, 5.74) is 9.33. The van der Waals surface area contributed by atoms with E-state index in [4.69, 9.17) is 5.73 Å². The molecule has 0 amide bonds. The van der Waals surface area contributed by atoms with Crippen LogP contribution in [0.5, 0.6) is 0 Å². The molecular weight excluding hydrogens is 214 g/mol. The average molecular weight is 225 g/mol. The van der Waals surface area contributed by atoms with Crippen LogP contribution in [-0.2, 0) is 7.05 Å². The molecule has 0 bridgehead atoms. The molecule has 0 atom stereocenters. The standard InChI is InChI=1S/C12H11N5/c1-17-12(13)7-10(16-17)8-2-3-9-11(6-8)15-5-4-14-9/h2-7H,13H2,1H3. The lowest BCUT2D eigenvalue weighted by Gasteiger charge is -1.99. The second kappa shape index (κ2) is 3.55. The Kier molecular flexibility index (Phi) is 2.04. The number of aryl methyl sites for hydroxylation is 1. The summed E-state index contributed by atoms with van der Waals surface area (Å²) in [6.07, 6.45) is 3.36. The summed E-state index contributed by atoms with van der Waals surface area (Å²) in [5.74, 6) is 0.638. The van der Waals surface area contributed by atoms with Gasteiger partial charge in [0.1, 0.15) is 5.82 Å². The SMILES string of the molecule is Cn1nc(-c2ccc3nccnc3c2)cc1N. The Morgan fingerprint density at radius 3 is 2.53 bits per heavy atom. The van der Waals surface area contributed by atoms with Gasteiger partial charge in [-0.15, -0.1) is 0 Å². The average Bonchev–Trinajstić information content (AvgIpc) is 2.69. The Balaban J connectivity index is 2.17. The van der Waals surface area contributed by atoms with E-state index in [0.717, 1.165) is 22.3 Å². The normalized spacial score (nSPS) is 10.9. The van der Waals surface area contributed by atoms with Crippen LogP contribution in [0.2, 0.25) is 0 Å². The Morgan fingerprint density at radius 1 is 1.06 bits per heavy atom. The molecule has 0 fully saturated rings. The van der Waals surface area contributed by atoms with Gasteiger partial charge in [0.25, 0.3) is 0 Å². The molecule has 2 N–H and O–H groups in total. The maximum absolute atomic E-state index is 5.76. The van der Waals surface area contributed by atoms with E-state index >= 15 is 0 Å². The van der Waals surface area contributed by atoms with Crippen molar-refractivity contribution in [3.63, 3.8) is 0 Å². The van der Waals surface area contributed by atoms with Crippen molar-refractivity contribution in [1.82, 2.24) is 19.7 Å². The third kappa shape index (κ3) is 1.61. The lowest BCUT2D eigenvalue weighted by Crippen LogP contribution is -1.96. The van der Waals surface area contributed by atoms with E-state index < -0.39 is 0 Å². The van der Waals surface area contributed by atoms with E-state index in [1.54, 1.807) is 17.1 Å². The molecule has 84 valence electrons. The minimum absolute atomic E-state index is 0.638. The Bertz CT molecular complexity index is 667. The van der Waals surface area contributed by atoms with Crippen LogP contribution in [0.15, 0.2) is 36.7 Å². The van der Waals surface area contributed by atoms with Gasteiger partial charge in [0.2, 0.25) is 0 Å². The summed E-state index contributed by atoms with van der Waals surface area (Å²) >= 11 is 0. The maximum Gasteiger partial charge on any atom is 0.121 e. The zero-order valence-electron chi connectivity index (χ0n) is 9.33. The van der Waals surface area contributed by atoms with Crippen LogP contribution in [0.25, 0.3) is 22.3 Å². The Morgan fingerprint density at radius 2 is 1.82 bits per heavy atom. The lowest BCUT2D eigenvalue weighted by molar-refractivity contribution is 0.782. The molecule has 0 saturated carbocycles. The summed E-state index contributed by atoms with van der Waals surface area (Å²) in [4.78, 5) is 8.49. The van der Waals surface area contributed by atoms with E-state index in [2.05, 4.69) is 15.1 Å². The smallest absolute Gasteiger partial charge is 0.121 e. The number of rotatable bonds is 1. The number of anilines is 1. The first-order valence-corrected chi connectivity index (χ1v) is 5.25. The lowest BCUT2D eigenvalue weighted by atomic mass is 10.1. The minimum Gasteiger partial charge on any atom is -0.384 e. The largest absolute Gasteiger partial charge is 0.384 e. The summed E-state index contributed by atoms with van der Waals surface area (Å²) in [6.45, 7) is 0. The molecule has 3 aromatic rings. The predicted octanol–water partition coefficient (Wildman–Crippen LogP) is 1.61. The van der Waals surface area contributed by atoms with Crippen LogP contribution in [0.4, 0.5) is 5.82 Å². The quantitative estimate of drug-likeness (QED) is 0.683. The number of hydrogen-bond acceptors (Lipinski definition) is 4. The Hall–Kier alpha value is -2.43. The fraction of sp³-hybridized carbons (Fsp3) is 0.0833. The molecule has 0 spiro atoms. The van der Waals surface area contributed by atoms with Gasteiger partial charge in [0.05, 0.1) is 16.7 Å². The second-order valence-corrected chi connectivity index (χ2v) is 3.84. The second-order valence-electron chi connectivity index (χ2n) is 3.84. The van der Waals surface area contributed by atoms with Crippen LogP contribution < -0.4 is 5.73 Å². The molecule has 5 heteroatoms. The van der Waals surface area contributed by atoms with Crippen molar-refractivity contribution in [3.05, 3.63) is 36.7 Å². The maximum atomic E-state index is 5.76. The van der Waals surface area contributed by atoms with Crippen molar-refractivity contribution in [2.24, 2.45) is 7.05 Å². The summed E-state index contributed by atoms with van der Waals surface area (Å²) in [7, 11) is 1.82. The van der Waals surface area contributed by atoms with E-state index in [1.165, 1.54) is 0 Å². The van der Waals surface area contributed by atoms with Crippen molar-refractivity contribution in [2.75, 3.05) is 5.73 Å². The fourth-order valence-electron chi connectivity index (χ4n) is 1.75. The van der Waals surface area contributed by atoms with Crippen LogP contribution in [0, 0.1) is 0 Å². The van der Waals surface area contributed by atoms with Crippen LogP contribution in [0.3, 0.4) is 0 Å². The zero-order valence-corrected chi connectivity index (χ0v) is 9.33. The van der Waals surface area contributed by atoms with Crippen molar-refractivity contribution in [3.8, 4) is 11.3 Å². The van der Waals surface area contributed by atoms with Gasteiger partial charge < -0.3 is 5.73 Å². The van der Waals surface area contributed by atoms with Gasteiger partial charge in [-0.05, 0) is 12.1 Å². The molecule has 1 aromatic carbocycles. The van der Waals surface area contributed by atoms with Crippen molar-refractivity contribution < 1.29 is 0 Å². The van der Waals surface area contributed by atoms with E-state index in [0.29, 0.717) is 5.82 Å². The third-order valence-corrected chi connectivity index (χ3v) is 2.68. The highest BCUT2D eigenvalue weighted by atomic mass is 15.3. The van der Waals surface area contributed by atoms with Crippen LogP contribution >= 0.6 is 0 Å². The number of benzene rings is 1. The van der Waals surface area contributed by atoms with Crippen molar-refractivity contribution in [1.29, 1.82) is 0 Å². The first-order valence-electron chi connectivity index (χ1n) is 5.25. The van der Waals surface area contributed by atoms with Gasteiger partial charge in [-0.25, -0.2) is 0 Å². The predicted molar refractivity (Wildman–Crippen MR) is 66.2 cm³/mol. The first-order chi connectivity index (χ1) is 8.24. The number of nitrogens with zero attached hydrogens (tertiary/aromatic N) is 4.